The molecule has 1 atom stereocenters. The predicted molar refractivity (Wildman–Crippen MR) is 65.0 cm³/mol. The molecule has 0 amide bonds. The van der Waals surface area contributed by atoms with Crippen LogP contribution < -0.4 is 5.32 Å². The molecule has 3 rings (SSSR count). The summed E-state index contributed by atoms with van der Waals surface area (Å²) in [6.07, 6.45) is 0. The molecule has 1 fully saturated rings. The molecule has 5 heteroatoms. The van der Waals surface area contributed by atoms with Crippen LogP contribution in [-0.2, 0) is 0 Å². The number of hydrogen-bond acceptors (Lipinski definition) is 4. The lowest BCUT2D eigenvalue weighted by Crippen LogP contribution is -2.45. The van der Waals surface area contributed by atoms with E-state index < -0.39 is 0 Å². The number of nitrogens with one attached hydrogen (secondary N) is 1. The van der Waals surface area contributed by atoms with Crippen molar-refractivity contribution in [2.45, 2.75) is 26.7 Å². The highest BCUT2D eigenvalue weighted by Crippen LogP contribution is 2.26. The first-order valence-corrected chi connectivity index (χ1v) is 6.07. The van der Waals surface area contributed by atoms with Crippen molar-refractivity contribution in [1.82, 2.24) is 24.9 Å². The van der Waals surface area contributed by atoms with E-state index in [9.17, 15) is 0 Å². The SMILES string of the molecule is Cc1cc2nnc(C(C)C3CNC3)n2c(C)n1. The highest BCUT2D eigenvalue weighted by Gasteiger charge is 2.28. The second kappa shape index (κ2) is 3.77. The van der Waals surface area contributed by atoms with Crippen LogP contribution in [0.4, 0.5) is 0 Å². The van der Waals surface area contributed by atoms with Crippen molar-refractivity contribution in [3.8, 4) is 0 Å². The molecule has 0 bridgehead atoms. The van der Waals surface area contributed by atoms with Crippen LogP contribution in [-0.4, -0.2) is 32.7 Å². The zero-order chi connectivity index (χ0) is 12.0. The topological polar surface area (TPSA) is 55.1 Å². The minimum atomic E-state index is 0.425. The number of rotatable bonds is 2. The number of aromatic nitrogens is 4. The van der Waals surface area contributed by atoms with Crippen molar-refractivity contribution in [2.75, 3.05) is 13.1 Å². The van der Waals surface area contributed by atoms with Crippen molar-refractivity contribution in [3.63, 3.8) is 0 Å². The number of hydrogen-bond donors (Lipinski definition) is 1. The van der Waals surface area contributed by atoms with E-state index in [4.69, 9.17) is 0 Å². The van der Waals surface area contributed by atoms with E-state index in [-0.39, 0.29) is 0 Å². The molecule has 1 N–H and O–H groups in total. The molecule has 5 nitrogen and oxygen atoms in total. The Hall–Kier alpha value is -1.49. The van der Waals surface area contributed by atoms with Crippen LogP contribution in [0.3, 0.4) is 0 Å². The fourth-order valence-corrected chi connectivity index (χ4v) is 2.43. The van der Waals surface area contributed by atoms with Gasteiger partial charge in [-0.2, -0.15) is 0 Å². The van der Waals surface area contributed by atoms with Gasteiger partial charge in [0, 0.05) is 17.7 Å². The minimum Gasteiger partial charge on any atom is -0.316 e. The highest BCUT2D eigenvalue weighted by molar-refractivity contribution is 5.40. The molecule has 0 spiro atoms. The van der Waals surface area contributed by atoms with E-state index in [1.54, 1.807) is 0 Å². The van der Waals surface area contributed by atoms with Gasteiger partial charge in [-0.3, -0.25) is 4.40 Å². The predicted octanol–water partition coefficient (Wildman–Crippen LogP) is 1.06. The minimum absolute atomic E-state index is 0.425. The van der Waals surface area contributed by atoms with E-state index in [0.717, 1.165) is 36.1 Å². The van der Waals surface area contributed by atoms with Gasteiger partial charge in [0.1, 0.15) is 11.6 Å². The van der Waals surface area contributed by atoms with Crippen molar-refractivity contribution >= 4 is 5.65 Å². The molecule has 0 saturated carbocycles. The van der Waals surface area contributed by atoms with Crippen LogP contribution in [0.5, 0.6) is 0 Å². The number of aryl methyl sites for hydroxylation is 2. The average Bonchev–Trinajstić information content (AvgIpc) is 2.58. The molecule has 1 aliphatic heterocycles. The fourth-order valence-electron chi connectivity index (χ4n) is 2.43. The third-order valence-corrected chi connectivity index (χ3v) is 3.64. The Kier molecular flexibility index (Phi) is 2.36. The summed E-state index contributed by atoms with van der Waals surface area (Å²) in [4.78, 5) is 4.49. The van der Waals surface area contributed by atoms with Gasteiger partial charge in [0.05, 0.1) is 0 Å². The molecular formula is C12H17N5. The summed E-state index contributed by atoms with van der Waals surface area (Å²) in [7, 11) is 0. The maximum absolute atomic E-state index is 4.49. The van der Waals surface area contributed by atoms with E-state index >= 15 is 0 Å². The van der Waals surface area contributed by atoms with E-state index in [1.165, 1.54) is 0 Å². The molecule has 90 valence electrons. The summed E-state index contributed by atoms with van der Waals surface area (Å²) in [5, 5.41) is 11.9. The van der Waals surface area contributed by atoms with Gasteiger partial charge in [-0.25, -0.2) is 4.98 Å². The molecular weight excluding hydrogens is 214 g/mol. The first kappa shape index (κ1) is 10.7. The van der Waals surface area contributed by atoms with Crippen LogP contribution in [0.15, 0.2) is 6.07 Å². The lowest BCUT2D eigenvalue weighted by atomic mass is 9.88. The lowest BCUT2D eigenvalue weighted by molar-refractivity contribution is 0.294. The summed E-state index contributed by atoms with van der Waals surface area (Å²) in [5.41, 5.74) is 1.90. The summed E-state index contributed by atoms with van der Waals surface area (Å²) >= 11 is 0. The van der Waals surface area contributed by atoms with Crippen molar-refractivity contribution in [1.29, 1.82) is 0 Å². The molecule has 0 aromatic carbocycles. The average molecular weight is 231 g/mol. The van der Waals surface area contributed by atoms with Gasteiger partial charge in [0.25, 0.3) is 0 Å². The summed E-state index contributed by atoms with van der Waals surface area (Å²) < 4.78 is 2.08. The summed E-state index contributed by atoms with van der Waals surface area (Å²) in [6, 6.07) is 1.98. The molecule has 17 heavy (non-hydrogen) atoms. The normalized spacial score (nSPS) is 18.3. The molecule has 3 heterocycles. The Balaban J connectivity index is 2.10. The van der Waals surface area contributed by atoms with E-state index in [1.807, 2.05) is 19.9 Å². The Labute approximate surface area is 100 Å². The van der Waals surface area contributed by atoms with Crippen LogP contribution in [0, 0.1) is 19.8 Å². The largest absolute Gasteiger partial charge is 0.316 e. The summed E-state index contributed by atoms with van der Waals surface area (Å²) in [5.74, 6) is 3.10. The van der Waals surface area contributed by atoms with Gasteiger partial charge in [-0.15, -0.1) is 10.2 Å². The molecule has 0 aliphatic carbocycles. The van der Waals surface area contributed by atoms with Gasteiger partial charge in [0.2, 0.25) is 0 Å². The highest BCUT2D eigenvalue weighted by atomic mass is 15.3. The first-order valence-electron chi connectivity index (χ1n) is 6.07. The Morgan fingerprint density at radius 3 is 2.76 bits per heavy atom. The van der Waals surface area contributed by atoms with Gasteiger partial charge in [-0.05, 0) is 32.9 Å². The first-order chi connectivity index (χ1) is 8.16. The van der Waals surface area contributed by atoms with Crippen molar-refractivity contribution in [2.24, 2.45) is 5.92 Å². The molecule has 1 saturated heterocycles. The van der Waals surface area contributed by atoms with E-state index in [0.29, 0.717) is 11.8 Å². The van der Waals surface area contributed by atoms with E-state index in [2.05, 4.69) is 31.8 Å². The van der Waals surface area contributed by atoms with Gasteiger partial charge < -0.3 is 5.32 Å². The van der Waals surface area contributed by atoms with Gasteiger partial charge in [-0.1, -0.05) is 6.92 Å². The van der Waals surface area contributed by atoms with Gasteiger partial charge in [0.15, 0.2) is 5.65 Å². The van der Waals surface area contributed by atoms with Crippen molar-refractivity contribution < 1.29 is 0 Å². The quantitative estimate of drug-likeness (QED) is 0.839. The lowest BCUT2D eigenvalue weighted by Gasteiger charge is -2.31. The molecule has 2 aromatic rings. The van der Waals surface area contributed by atoms with Crippen LogP contribution in [0.25, 0.3) is 5.65 Å². The van der Waals surface area contributed by atoms with Crippen LogP contribution in [0.1, 0.15) is 30.2 Å². The molecule has 1 unspecified atom stereocenters. The second-order valence-corrected chi connectivity index (χ2v) is 4.90. The smallest absolute Gasteiger partial charge is 0.164 e. The maximum atomic E-state index is 4.49. The van der Waals surface area contributed by atoms with Crippen LogP contribution in [0.2, 0.25) is 0 Å². The Morgan fingerprint density at radius 2 is 2.12 bits per heavy atom. The zero-order valence-electron chi connectivity index (χ0n) is 10.4. The third kappa shape index (κ3) is 1.61. The monoisotopic (exact) mass is 231 g/mol. The zero-order valence-corrected chi connectivity index (χ0v) is 10.4. The molecule has 1 aliphatic rings. The van der Waals surface area contributed by atoms with Crippen LogP contribution >= 0.6 is 0 Å². The molecule has 2 aromatic heterocycles. The number of nitrogens with zero attached hydrogens (tertiary/aromatic N) is 4. The molecule has 0 radical (unpaired) electrons. The second-order valence-electron chi connectivity index (χ2n) is 4.90. The third-order valence-electron chi connectivity index (χ3n) is 3.64. The summed E-state index contributed by atoms with van der Waals surface area (Å²) in [6.45, 7) is 8.38. The van der Waals surface area contributed by atoms with Crippen molar-refractivity contribution in [3.05, 3.63) is 23.4 Å². The maximum Gasteiger partial charge on any atom is 0.164 e. The standard InChI is InChI=1S/C12H17N5/c1-7-4-11-15-16-12(17(11)9(3)14-7)8(2)10-5-13-6-10/h4,8,10,13H,5-6H2,1-3H3. The Morgan fingerprint density at radius 1 is 1.35 bits per heavy atom. The van der Waals surface area contributed by atoms with Gasteiger partial charge >= 0.3 is 0 Å². The fraction of sp³-hybridized carbons (Fsp3) is 0.583. The number of fused-ring (bicyclic) bond motifs is 1. The Bertz CT molecular complexity index is 555.